The molecule has 0 aliphatic heterocycles. The fraction of sp³-hybridized carbons (Fsp3) is 0. The summed E-state index contributed by atoms with van der Waals surface area (Å²) in [4.78, 5) is 10.3. The van der Waals surface area contributed by atoms with E-state index >= 15 is 0 Å². The van der Waals surface area contributed by atoms with Gasteiger partial charge in [0.05, 0.1) is 11.9 Å². The van der Waals surface area contributed by atoms with E-state index in [1.807, 2.05) is 0 Å². The number of aldehydes is 1. The summed E-state index contributed by atoms with van der Waals surface area (Å²) in [7, 11) is 0. The SMILES string of the molecule is O=Cc1ccc(OP(=S)(Cl)OCl)cc1. The van der Waals surface area contributed by atoms with E-state index in [1.54, 1.807) is 24.3 Å². The third kappa shape index (κ3) is 3.56. The summed E-state index contributed by atoms with van der Waals surface area (Å²) in [6.07, 6.45) is 0.721. The molecule has 1 rings (SSSR count). The van der Waals surface area contributed by atoms with E-state index in [4.69, 9.17) is 39.4 Å². The molecule has 1 aromatic rings. The van der Waals surface area contributed by atoms with Gasteiger partial charge in [0.1, 0.15) is 12.0 Å². The lowest BCUT2D eigenvalue weighted by molar-refractivity contribution is 0.112. The maximum atomic E-state index is 10.3. The summed E-state index contributed by atoms with van der Waals surface area (Å²) in [6.45, 7) is 0. The van der Waals surface area contributed by atoms with Crippen LogP contribution in [-0.4, -0.2) is 6.29 Å². The highest BCUT2D eigenvalue weighted by molar-refractivity contribution is 8.22. The zero-order chi connectivity index (χ0) is 10.6. The number of halogens is 2. The molecule has 14 heavy (non-hydrogen) atoms. The van der Waals surface area contributed by atoms with Crippen LogP contribution in [0.3, 0.4) is 0 Å². The first kappa shape index (κ1) is 12.0. The first-order chi connectivity index (χ1) is 6.57. The molecule has 0 heterocycles. The van der Waals surface area contributed by atoms with Crippen molar-refractivity contribution in [3.05, 3.63) is 29.8 Å². The molecule has 0 saturated carbocycles. The summed E-state index contributed by atoms with van der Waals surface area (Å²) in [5.74, 6) is -2.52. The van der Waals surface area contributed by atoms with Crippen LogP contribution in [-0.2, 0) is 15.9 Å². The first-order valence-electron chi connectivity index (χ1n) is 3.42. The van der Waals surface area contributed by atoms with Crippen molar-refractivity contribution in [1.82, 2.24) is 0 Å². The van der Waals surface area contributed by atoms with E-state index in [2.05, 4.69) is 4.08 Å². The van der Waals surface area contributed by atoms with Crippen molar-refractivity contribution < 1.29 is 13.4 Å². The molecule has 0 aliphatic rings. The Morgan fingerprint density at radius 3 is 2.36 bits per heavy atom. The second-order valence-corrected chi connectivity index (χ2v) is 7.25. The van der Waals surface area contributed by atoms with Crippen molar-refractivity contribution in [3.8, 4) is 5.75 Å². The van der Waals surface area contributed by atoms with E-state index in [0.717, 1.165) is 6.29 Å². The van der Waals surface area contributed by atoms with Crippen molar-refractivity contribution in [1.29, 1.82) is 0 Å². The van der Waals surface area contributed by atoms with Gasteiger partial charge in [-0.05, 0) is 47.3 Å². The third-order valence-corrected chi connectivity index (χ3v) is 3.81. The summed E-state index contributed by atoms with van der Waals surface area (Å²) < 4.78 is 9.34. The smallest absolute Gasteiger partial charge is 0.349 e. The van der Waals surface area contributed by atoms with E-state index in [0.29, 0.717) is 11.3 Å². The van der Waals surface area contributed by atoms with Crippen molar-refractivity contribution >= 4 is 47.0 Å². The van der Waals surface area contributed by atoms with Gasteiger partial charge >= 0.3 is 5.84 Å². The van der Waals surface area contributed by atoms with E-state index < -0.39 is 5.84 Å². The van der Waals surface area contributed by atoms with Crippen LogP contribution in [0.15, 0.2) is 24.3 Å². The molecule has 0 N–H and O–H groups in total. The molecule has 0 radical (unpaired) electrons. The van der Waals surface area contributed by atoms with Gasteiger partial charge in [-0.1, -0.05) is 0 Å². The van der Waals surface area contributed by atoms with Crippen molar-refractivity contribution in [3.63, 3.8) is 0 Å². The minimum Gasteiger partial charge on any atom is -0.432 e. The Hall–Kier alpha value is -0.120. The number of benzene rings is 1. The van der Waals surface area contributed by atoms with Gasteiger partial charge in [-0.15, -0.1) is 0 Å². The lowest BCUT2D eigenvalue weighted by atomic mass is 10.2. The Morgan fingerprint density at radius 2 is 1.93 bits per heavy atom. The molecule has 0 fully saturated rings. The van der Waals surface area contributed by atoms with Crippen molar-refractivity contribution in [2.45, 2.75) is 0 Å². The Kier molecular flexibility index (Phi) is 4.35. The zero-order valence-corrected chi connectivity index (χ0v) is 9.95. The average molecular weight is 271 g/mol. The molecular formula is C7H5Cl2O3PS. The monoisotopic (exact) mass is 270 g/mol. The largest absolute Gasteiger partial charge is 0.432 e. The Balaban J connectivity index is 2.78. The summed E-state index contributed by atoms with van der Waals surface area (Å²) in [5.41, 5.74) is 0.534. The molecule has 0 aliphatic carbocycles. The number of hydrogen-bond acceptors (Lipinski definition) is 4. The van der Waals surface area contributed by atoms with Gasteiger partial charge in [-0.25, -0.2) is 0 Å². The summed E-state index contributed by atoms with van der Waals surface area (Å²) >= 11 is 15.4. The van der Waals surface area contributed by atoms with E-state index in [9.17, 15) is 4.79 Å². The highest BCUT2D eigenvalue weighted by Gasteiger charge is 2.15. The second kappa shape index (κ2) is 5.10. The molecule has 0 saturated heterocycles. The van der Waals surface area contributed by atoms with Crippen LogP contribution in [0.1, 0.15) is 10.4 Å². The van der Waals surface area contributed by atoms with Gasteiger partial charge < -0.3 is 4.52 Å². The molecule has 0 aromatic heterocycles. The molecule has 0 amide bonds. The van der Waals surface area contributed by atoms with Crippen LogP contribution in [0.5, 0.6) is 5.75 Å². The number of carbonyl (C=O) groups is 1. The van der Waals surface area contributed by atoms with Gasteiger partial charge in [0.25, 0.3) is 0 Å². The first-order valence-corrected chi connectivity index (χ1v) is 7.27. The van der Waals surface area contributed by atoms with E-state index in [1.165, 1.54) is 0 Å². The van der Waals surface area contributed by atoms with Crippen LogP contribution in [0.25, 0.3) is 0 Å². The van der Waals surface area contributed by atoms with Gasteiger partial charge in [0.2, 0.25) is 0 Å². The van der Waals surface area contributed by atoms with Gasteiger partial charge in [-0.2, -0.15) is 4.08 Å². The molecule has 0 bridgehead atoms. The minimum atomic E-state index is -2.94. The molecule has 1 aromatic carbocycles. The number of hydrogen-bond donors (Lipinski definition) is 0. The maximum absolute atomic E-state index is 10.3. The normalized spacial score (nSPS) is 14.4. The molecule has 3 nitrogen and oxygen atoms in total. The lowest BCUT2D eigenvalue weighted by Crippen LogP contribution is -1.87. The van der Waals surface area contributed by atoms with Crippen LogP contribution in [0, 0.1) is 0 Å². The highest BCUT2D eigenvalue weighted by Crippen LogP contribution is 2.54. The van der Waals surface area contributed by atoms with Gasteiger partial charge in [-0.3, -0.25) is 4.79 Å². The fourth-order valence-corrected chi connectivity index (χ4v) is 1.73. The average Bonchev–Trinajstić information content (AvgIpc) is 2.19. The standard InChI is InChI=1S/C7H5Cl2O3PS/c8-12-13(9,14)11-7-3-1-6(5-10)2-4-7/h1-5H. The predicted molar refractivity (Wildman–Crippen MR) is 59.5 cm³/mol. The van der Waals surface area contributed by atoms with E-state index in [-0.39, 0.29) is 0 Å². The third-order valence-electron chi connectivity index (χ3n) is 1.31. The molecule has 76 valence electrons. The van der Waals surface area contributed by atoms with Crippen LogP contribution < -0.4 is 4.52 Å². The molecular weight excluding hydrogens is 266 g/mol. The minimum absolute atomic E-state index is 0.412. The topological polar surface area (TPSA) is 35.5 Å². The van der Waals surface area contributed by atoms with Gasteiger partial charge in [0.15, 0.2) is 0 Å². The molecule has 7 heteroatoms. The molecule has 0 spiro atoms. The Bertz CT molecular complexity index is 368. The summed E-state index contributed by atoms with van der Waals surface area (Å²) in [5, 5.41) is 0. The molecule has 1 unspecified atom stereocenters. The van der Waals surface area contributed by atoms with Gasteiger partial charge in [0, 0.05) is 5.56 Å². The fourth-order valence-electron chi connectivity index (χ4n) is 0.747. The van der Waals surface area contributed by atoms with Crippen LogP contribution in [0.2, 0.25) is 0 Å². The zero-order valence-electron chi connectivity index (χ0n) is 6.72. The van der Waals surface area contributed by atoms with Crippen LogP contribution in [0.4, 0.5) is 0 Å². The number of rotatable bonds is 4. The van der Waals surface area contributed by atoms with Crippen LogP contribution >= 0.6 is 29.0 Å². The summed E-state index contributed by atoms with van der Waals surface area (Å²) in [6, 6.07) is 6.26. The maximum Gasteiger partial charge on any atom is 0.349 e. The second-order valence-electron chi connectivity index (χ2n) is 2.28. The highest BCUT2D eigenvalue weighted by atomic mass is 35.7. The quantitative estimate of drug-likeness (QED) is 0.620. The Labute approximate surface area is 96.0 Å². The molecule has 1 atom stereocenters. The predicted octanol–water partition coefficient (Wildman–Crippen LogP) is 3.51. The van der Waals surface area contributed by atoms with Crippen molar-refractivity contribution in [2.75, 3.05) is 0 Å². The van der Waals surface area contributed by atoms with Crippen molar-refractivity contribution in [2.24, 2.45) is 0 Å². The lowest BCUT2D eigenvalue weighted by Gasteiger charge is -2.11. The number of carbonyl (C=O) groups excluding carboxylic acids is 1. The Morgan fingerprint density at radius 1 is 1.36 bits per heavy atom.